The lowest BCUT2D eigenvalue weighted by Gasteiger charge is -2.19. The molecular formula is C18H22FNO. The van der Waals surface area contributed by atoms with Gasteiger partial charge in [0.2, 0.25) is 0 Å². The molecule has 2 aromatic rings. The van der Waals surface area contributed by atoms with Crippen molar-refractivity contribution < 1.29 is 9.13 Å². The van der Waals surface area contributed by atoms with Crippen LogP contribution in [-0.2, 0) is 11.8 Å². The molecular weight excluding hydrogens is 265 g/mol. The largest absolute Gasteiger partial charge is 0.454 e. The van der Waals surface area contributed by atoms with Crippen molar-refractivity contribution in [1.82, 2.24) is 0 Å². The van der Waals surface area contributed by atoms with Gasteiger partial charge in [0.15, 0.2) is 11.6 Å². The summed E-state index contributed by atoms with van der Waals surface area (Å²) in [7, 11) is 0. The molecule has 0 amide bonds. The maximum Gasteiger partial charge on any atom is 0.165 e. The van der Waals surface area contributed by atoms with Crippen LogP contribution in [0.2, 0.25) is 0 Å². The van der Waals surface area contributed by atoms with Gasteiger partial charge in [-0.25, -0.2) is 4.39 Å². The Labute approximate surface area is 125 Å². The lowest BCUT2D eigenvalue weighted by Crippen LogP contribution is -2.10. The van der Waals surface area contributed by atoms with E-state index in [1.54, 1.807) is 6.07 Å². The van der Waals surface area contributed by atoms with Crippen LogP contribution in [0, 0.1) is 5.82 Å². The number of hydrogen-bond donors (Lipinski definition) is 1. The highest BCUT2D eigenvalue weighted by molar-refractivity contribution is 5.38. The molecule has 0 aliphatic heterocycles. The molecule has 0 radical (unpaired) electrons. The SMILES string of the molecule is CC(C)(C)c1cccc(Oc2ccc(CCN)cc2F)c1. The van der Waals surface area contributed by atoms with Gasteiger partial charge in [-0.15, -0.1) is 0 Å². The molecule has 112 valence electrons. The first-order valence-electron chi connectivity index (χ1n) is 7.17. The minimum Gasteiger partial charge on any atom is -0.454 e. The van der Waals surface area contributed by atoms with Crippen molar-refractivity contribution in [1.29, 1.82) is 0 Å². The summed E-state index contributed by atoms with van der Waals surface area (Å²) >= 11 is 0. The minimum absolute atomic E-state index is 0.0307. The van der Waals surface area contributed by atoms with Crippen LogP contribution in [0.4, 0.5) is 4.39 Å². The van der Waals surface area contributed by atoms with E-state index in [1.165, 1.54) is 6.07 Å². The van der Waals surface area contributed by atoms with Crippen LogP contribution < -0.4 is 10.5 Å². The predicted octanol–water partition coefficient (Wildman–Crippen LogP) is 4.42. The molecule has 3 heteroatoms. The van der Waals surface area contributed by atoms with Gasteiger partial charge in [0.05, 0.1) is 0 Å². The molecule has 2 aromatic carbocycles. The minimum atomic E-state index is -0.359. The molecule has 0 unspecified atom stereocenters. The summed E-state index contributed by atoms with van der Waals surface area (Å²) in [6.07, 6.45) is 0.663. The Morgan fingerprint density at radius 3 is 2.48 bits per heavy atom. The molecule has 0 aliphatic rings. The quantitative estimate of drug-likeness (QED) is 0.903. The molecule has 2 N–H and O–H groups in total. The number of ether oxygens (including phenoxy) is 1. The molecule has 0 atom stereocenters. The summed E-state index contributed by atoms with van der Waals surface area (Å²) in [6.45, 7) is 6.91. The van der Waals surface area contributed by atoms with Gasteiger partial charge in [0.1, 0.15) is 5.75 Å². The maximum atomic E-state index is 14.0. The molecule has 0 saturated carbocycles. The monoisotopic (exact) mass is 287 g/mol. The normalized spacial score (nSPS) is 11.5. The second kappa shape index (κ2) is 6.27. The van der Waals surface area contributed by atoms with E-state index in [-0.39, 0.29) is 17.0 Å². The van der Waals surface area contributed by atoms with Gasteiger partial charge < -0.3 is 10.5 Å². The first kappa shape index (κ1) is 15.5. The third-order valence-corrected chi connectivity index (χ3v) is 3.36. The lowest BCUT2D eigenvalue weighted by molar-refractivity contribution is 0.439. The van der Waals surface area contributed by atoms with Crippen LogP contribution in [0.3, 0.4) is 0 Å². The maximum absolute atomic E-state index is 14.0. The topological polar surface area (TPSA) is 35.2 Å². The number of benzene rings is 2. The van der Waals surface area contributed by atoms with E-state index in [2.05, 4.69) is 20.8 Å². The summed E-state index contributed by atoms with van der Waals surface area (Å²) < 4.78 is 19.7. The van der Waals surface area contributed by atoms with Crippen LogP contribution in [0.15, 0.2) is 42.5 Å². The molecule has 0 fully saturated rings. The van der Waals surface area contributed by atoms with Crippen molar-refractivity contribution in [2.45, 2.75) is 32.6 Å². The Bertz CT molecular complexity index is 617. The van der Waals surface area contributed by atoms with Crippen molar-refractivity contribution in [3.63, 3.8) is 0 Å². The average Bonchev–Trinajstić information content (AvgIpc) is 2.42. The van der Waals surface area contributed by atoms with Gasteiger partial charge in [-0.1, -0.05) is 39.0 Å². The molecule has 21 heavy (non-hydrogen) atoms. The van der Waals surface area contributed by atoms with Crippen molar-refractivity contribution in [3.8, 4) is 11.5 Å². The highest BCUT2D eigenvalue weighted by atomic mass is 19.1. The fourth-order valence-electron chi connectivity index (χ4n) is 2.10. The van der Waals surface area contributed by atoms with Crippen molar-refractivity contribution in [2.24, 2.45) is 5.73 Å². The van der Waals surface area contributed by atoms with Gasteiger partial charge in [0.25, 0.3) is 0 Å². The van der Waals surface area contributed by atoms with E-state index in [9.17, 15) is 4.39 Å². The lowest BCUT2D eigenvalue weighted by atomic mass is 9.87. The van der Waals surface area contributed by atoms with Gasteiger partial charge in [-0.2, -0.15) is 0 Å². The molecule has 0 saturated heterocycles. The van der Waals surface area contributed by atoms with E-state index in [1.807, 2.05) is 30.3 Å². The molecule has 0 heterocycles. The second-order valence-corrected chi connectivity index (χ2v) is 6.18. The summed E-state index contributed by atoms with van der Waals surface area (Å²) in [5.41, 5.74) is 7.54. The number of hydrogen-bond acceptors (Lipinski definition) is 2. The van der Waals surface area contributed by atoms with Crippen molar-refractivity contribution in [3.05, 3.63) is 59.4 Å². The van der Waals surface area contributed by atoms with Crippen LogP contribution in [0.5, 0.6) is 11.5 Å². The standard InChI is InChI=1S/C18H22FNO/c1-18(2,3)14-5-4-6-15(12-14)21-17-8-7-13(9-10-20)11-16(17)19/h4-8,11-12H,9-10,20H2,1-3H3. The molecule has 0 aliphatic carbocycles. The summed E-state index contributed by atoms with van der Waals surface area (Å²) in [4.78, 5) is 0. The van der Waals surface area contributed by atoms with E-state index in [4.69, 9.17) is 10.5 Å². The zero-order chi connectivity index (χ0) is 15.5. The average molecular weight is 287 g/mol. The zero-order valence-electron chi connectivity index (χ0n) is 12.8. The third kappa shape index (κ3) is 4.05. The molecule has 0 aromatic heterocycles. The van der Waals surface area contributed by atoms with Gasteiger partial charge in [-0.3, -0.25) is 0 Å². The van der Waals surface area contributed by atoms with E-state index >= 15 is 0 Å². The summed E-state index contributed by atoms with van der Waals surface area (Å²) in [6, 6.07) is 12.7. The second-order valence-electron chi connectivity index (χ2n) is 6.18. The third-order valence-electron chi connectivity index (χ3n) is 3.36. The van der Waals surface area contributed by atoms with Crippen LogP contribution >= 0.6 is 0 Å². The fraction of sp³-hybridized carbons (Fsp3) is 0.333. The predicted molar refractivity (Wildman–Crippen MR) is 84.4 cm³/mol. The first-order valence-corrected chi connectivity index (χ1v) is 7.17. The van der Waals surface area contributed by atoms with Crippen molar-refractivity contribution in [2.75, 3.05) is 6.54 Å². The Morgan fingerprint density at radius 1 is 1.10 bits per heavy atom. The Kier molecular flexibility index (Phi) is 4.63. The molecule has 2 nitrogen and oxygen atoms in total. The van der Waals surface area contributed by atoms with E-state index < -0.39 is 0 Å². The number of halogens is 1. The Balaban J connectivity index is 2.22. The summed E-state index contributed by atoms with van der Waals surface area (Å²) in [5.74, 6) is 0.525. The Hall–Kier alpha value is -1.87. The smallest absolute Gasteiger partial charge is 0.165 e. The van der Waals surface area contributed by atoms with Gasteiger partial charge >= 0.3 is 0 Å². The zero-order valence-corrected chi connectivity index (χ0v) is 12.8. The number of rotatable bonds is 4. The first-order chi connectivity index (χ1) is 9.90. The van der Waals surface area contributed by atoms with Gasteiger partial charge in [0, 0.05) is 0 Å². The van der Waals surface area contributed by atoms with E-state index in [0.29, 0.717) is 18.7 Å². The molecule has 0 spiro atoms. The highest BCUT2D eigenvalue weighted by Crippen LogP contribution is 2.29. The van der Waals surface area contributed by atoms with E-state index in [0.717, 1.165) is 11.1 Å². The van der Waals surface area contributed by atoms with Crippen LogP contribution in [-0.4, -0.2) is 6.54 Å². The molecule has 0 bridgehead atoms. The molecule has 2 rings (SSSR count). The van der Waals surface area contributed by atoms with Crippen LogP contribution in [0.25, 0.3) is 0 Å². The summed E-state index contributed by atoms with van der Waals surface area (Å²) in [5, 5.41) is 0. The van der Waals surface area contributed by atoms with Gasteiger partial charge in [-0.05, 0) is 53.8 Å². The number of nitrogens with two attached hydrogens (primary N) is 1. The Morgan fingerprint density at radius 2 is 1.86 bits per heavy atom. The van der Waals surface area contributed by atoms with Crippen LogP contribution in [0.1, 0.15) is 31.9 Å². The highest BCUT2D eigenvalue weighted by Gasteiger charge is 2.14. The fourth-order valence-corrected chi connectivity index (χ4v) is 2.10. The van der Waals surface area contributed by atoms with Crippen molar-refractivity contribution >= 4 is 0 Å².